The molecule has 0 bridgehead atoms. The summed E-state index contributed by atoms with van der Waals surface area (Å²) in [4.78, 5) is 0. The Morgan fingerprint density at radius 1 is 0.944 bits per heavy atom. The highest BCUT2D eigenvalue weighted by Gasteiger charge is 2.13. The van der Waals surface area contributed by atoms with E-state index in [1.165, 1.54) is 16.7 Å². The molecule has 2 nitrogen and oxygen atoms in total. The Bertz CT molecular complexity index is 602. The number of hydrogen-bond donors (Lipinski definition) is 1. The van der Waals surface area contributed by atoms with Crippen LogP contribution >= 0.6 is 0 Å². The van der Waals surface area contributed by atoms with E-state index in [9.17, 15) is 0 Å². The molecule has 0 amide bonds. The molecule has 1 aliphatic rings. The Morgan fingerprint density at radius 3 is 2.50 bits per heavy atom. The van der Waals surface area contributed by atoms with Gasteiger partial charge in [-0.05, 0) is 29.3 Å². The van der Waals surface area contributed by atoms with Crippen LogP contribution in [0.5, 0.6) is 0 Å². The van der Waals surface area contributed by atoms with Crippen molar-refractivity contribution in [3.63, 3.8) is 0 Å². The van der Waals surface area contributed by atoms with Crippen LogP contribution in [0, 0.1) is 0 Å². The van der Waals surface area contributed by atoms with Gasteiger partial charge in [0, 0.05) is 24.0 Å². The fourth-order valence-electron chi connectivity index (χ4n) is 2.29. The molecule has 0 aliphatic carbocycles. The molecule has 0 saturated carbocycles. The number of hydrogen-bond acceptors (Lipinski definition) is 2. The van der Waals surface area contributed by atoms with Gasteiger partial charge in [-0.15, -0.1) is 0 Å². The van der Waals surface area contributed by atoms with Gasteiger partial charge in [0.1, 0.15) is 0 Å². The van der Waals surface area contributed by atoms with Crippen LogP contribution in [0.25, 0.3) is 11.6 Å². The summed E-state index contributed by atoms with van der Waals surface area (Å²) in [5.41, 5.74) is 5.86. The molecule has 0 radical (unpaired) electrons. The van der Waals surface area contributed by atoms with Crippen LogP contribution in [0.1, 0.15) is 11.1 Å². The van der Waals surface area contributed by atoms with Gasteiger partial charge < -0.3 is 10.1 Å². The molecule has 1 heterocycles. The summed E-state index contributed by atoms with van der Waals surface area (Å²) in [7, 11) is 1.73. The third kappa shape index (κ3) is 1.91. The maximum Gasteiger partial charge on any atom is 0.0719 e. The quantitative estimate of drug-likeness (QED) is 0.854. The molecule has 2 aromatic rings. The van der Waals surface area contributed by atoms with Crippen molar-refractivity contribution < 1.29 is 4.74 Å². The molecular formula is C16H15NO. The standard InChI is InChI=1S/C16H15NO/c1-18-11-13-10-12-6-2-4-8-15(12)17-16-9-5-3-7-14(13)16/h2-10,17H,11H2,1H3. The molecule has 0 spiro atoms. The van der Waals surface area contributed by atoms with Crippen molar-refractivity contribution in [2.45, 2.75) is 0 Å². The van der Waals surface area contributed by atoms with E-state index >= 15 is 0 Å². The zero-order chi connectivity index (χ0) is 12.4. The summed E-state index contributed by atoms with van der Waals surface area (Å²) < 4.78 is 5.31. The number of methoxy groups -OCH3 is 1. The van der Waals surface area contributed by atoms with Crippen LogP contribution in [0.15, 0.2) is 48.5 Å². The SMILES string of the molecule is COCC1=Cc2ccccc2Nc2ccccc21. The zero-order valence-corrected chi connectivity index (χ0v) is 10.3. The Morgan fingerprint density at radius 2 is 1.67 bits per heavy atom. The van der Waals surface area contributed by atoms with Crippen molar-refractivity contribution >= 4 is 23.0 Å². The Kier molecular flexibility index (Phi) is 2.87. The predicted octanol–water partition coefficient (Wildman–Crippen LogP) is 3.93. The number of benzene rings is 2. The first-order chi connectivity index (χ1) is 8.88. The number of para-hydroxylation sites is 2. The number of nitrogens with one attached hydrogen (secondary N) is 1. The van der Waals surface area contributed by atoms with Gasteiger partial charge in [-0.25, -0.2) is 0 Å². The first-order valence-electron chi connectivity index (χ1n) is 6.03. The molecule has 0 unspecified atom stereocenters. The molecule has 1 aliphatic heterocycles. The van der Waals surface area contributed by atoms with Crippen LogP contribution < -0.4 is 5.32 Å². The van der Waals surface area contributed by atoms with Crippen molar-refractivity contribution in [2.24, 2.45) is 0 Å². The van der Waals surface area contributed by atoms with E-state index in [1.54, 1.807) is 7.11 Å². The van der Waals surface area contributed by atoms with Gasteiger partial charge in [0.05, 0.1) is 6.61 Å². The maximum atomic E-state index is 5.31. The summed E-state index contributed by atoms with van der Waals surface area (Å²) in [6.45, 7) is 0.618. The van der Waals surface area contributed by atoms with E-state index in [0.717, 1.165) is 11.4 Å². The highest BCUT2D eigenvalue weighted by Crippen LogP contribution is 2.34. The van der Waals surface area contributed by atoms with E-state index in [0.29, 0.717) is 6.61 Å². The van der Waals surface area contributed by atoms with E-state index in [1.807, 2.05) is 12.1 Å². The molecule has 0 atom stereocenters. The minimum atomic E-state index is 0.618. The van der Waals surface area contributed by atoms with Gasteiger partial charge >= 0.3 is 0 Å². The second-order valence-electron chi connectivity index (χ2n) is 4.36. The normalized spacial score (nSPS) is 12.8. The first-order valence-corrected chi connectivity index (χ1v) is 6.03. The summed E-state index contributed by atoms with van der Waals surface area (Å²) in [6.07, 6.45) is 2.19. The molecule has 0 saturated heterocycles. The fraction of sp³-hybridized carbons (Fsp3) is 0.125. The van der Waals surface area contributed by atoms with Gasteiger partial charge in [0.2, 0.25) is 0 Å². The fourth-order valence-corrected chi connectivity index (χ4v) is 2.29. The van der Waals surface area contributed by atoms with Crippen LogP contribution in [-0.2, 0) is 4.74 Å². The highest BCUT2D eigenvalue weighted by atomic mass is 16.5. The lowest BCUT2D eigenvalue weighted by atomic mass is 10.0. The molecular weight excluding hydrogens is 222 g/mol. The van der Waals surface area contributed by atoms with E-state index in [4.69, 9.17) is 4.74 Å². The van der Waals surface area contributed by atoms with E-state index < -0.39 is 0 Å². The van der Waals surface area contributed by atoms with E-state index in [2.05, 4.69) is 47.8 Å². The molecule has 2 aromatic carbocycles. The minimum Gasteiger partial charge on any atom is -0.380 e. The lowest BCUT2D eigenvalue weighted by Gasteiger charge is -2.11. The summed E-state index contributed by atoms with van der Waals surface area (Å²) >= 11 is 0. The monoisotopic (exact) mass is 237 g/mol. The van der Waals surface area contributed by atoms with Crippen molar-refractivity contribution in [3.05, 3.63) is 59.7 Å². The van der Waals surface area contributed by atoms with Crippen molar-refractivity contribution in [1.82, 2.24) is 0 Å². The number of ether oxygens (including phenoxy) is 1. The average molecular weight is 237 g/mol. The molecule has 2 heteroatoms. The lowest BCUT2D eigenvalue weighted by molar-refractivity contribution is 0.240. The largest absolute Gasteiger partial charge is 0.380 e. The van der Waals surface area contributed by atoms with E-state index in [-0.39, 0.29) is 0 Å². The van der Waals surface area contributed by atoms with Gasteiger partial charge in [0.25, 0.3) is 0 Å². The summed E-state index contributed by atoms with van der Waals surface area (Å²) in [5, 5.41) is 3.48. The molecule has 0 fully saturated rings. The maximum absolute atomic E-state index is 5.31. The smallest absolute Gasteiger partial charge is 0.0719 e. The highest BCUT2D eigenvalue weighted by molar-refractivity contribution is 5.94. The van der Waals surface area contributed by atoms with Crippen LogP contribution in [0.4, 0.5) is 11.4 Å². The Hall–Kier alpha value is -2.06. The van der Waals surface area contributed by atoms with Crippen molar-refractivity contribution in [1.29, 1.82) is 0 Å². The number of rotatable bonds is 2. The number of fused-ring (bicyclic) bond motifs is 2. The molecule has 3 rings (SSSR count). The summed E-state index contributed by atoms with van der Waals surface area (Å²) in [5.74, 6) is 0. The molecule has 18 heavy (non-hydrogen) atoms. The van der Waals surface area contributed by atoms with Crippen LogP contribution in [0.3, 0.4) is 0 Å². The topological polar surface area (TPSA) is 21.3 Å². The zero-order valence-electron chi connectivity index (χ0n) is 10.3. The van der Waals surface area contributed by atoms with Gasteiger partial charge in [-0.3, -0.25) is 0 Å². The minimum absolute atomic E-state index is 0.618. The average Bonchev–Trinajstić information content (AvgIpc) is 2.56. The summed E-state index contributed by atoms with van der Waals surface area (Å²) in [6, 6.07) is 16.6. The molecule has 1 N–H and O–H groups in total. The van der Waals surface area contributed by atoms with Gasteiger partial charge in [-0.2, -0.15) is 0 Å². The second-order valence-corrected chi connectivity index (χ2v) is 4.36. The second kappa shape index (κ2) is 4.67. The Balaban J connectivity index is 2.19. The Labute approximate surface area is 107 Å². The number of anilines is 2. The lowest BCUT2D eigenvalue weighted by Crippen LogP contribution is -1.96. The third-order valence-corrected chi connectivity index (χ3v) is 3.13. The van der Waals surface area contributed by atoms with Crippen LogP contribution in [0.2, 0.25) is 0 Å². The van der Waals surface area contributed by atoms with Crippen molar-refractivity contribution in [2.75, 3.05) is 19.0 Å². The predicted molar refractivity (Wildman–Crippen MR) is 75.9 cm³/mol. The molecule has 90 valence electrons. The first kappa shape index (κ1) is 11.1. The van der Waals surface area contributed by atoms with Crippen LogP contribution in [-0.4, -0.2) is 13.7 Å². The van der Waals surface area contributed by atoms with Crippen molar-refractivity contribution in [3.8, 4) is 0 Å². The van der Waals surface area contributed by atoms with Gasteiger partial charge in [0.15, 0.2) is 0 Å². The third-order valence-electron chi connectivity index (χ3n) is 3.13. The van der Waals surface area contributed by atoms with Gasteiger partial charge in [-0.1, -0.05) is 36.4 Å². The molecule has 0 aromatic heterocycles.